The SMILES string of the molecule is Nc1cnccc1NC(=O)CCC1CCCC1. The summed E-state index contributed by atoms with van der Waals surface area (Å²) in [6, 6.07) is 1.73. The van der Waals surface area contributed by atoms with E-state index in [-0.39, 0.29) is 5.91 Å². The Bertz CT molecular complexity index is 386. The molecule has 0 bridgehead atoms. The Balaban J connectivity index is 1.79. The highest BCUT2D eigenvalue weighted by molar-refractivity contribution is 5.93. The summed E-state index contributed by atoms with van der Waals surface area (Å²) in [5, 5.41) is 2.83. The van der Waals surface area contributed by atoms with Crippen LogP contribution in [0.15, 0.2) is 18.5 Å². The summed E-state index contributed by atoms with van der Waals surface area (Å²) in [7, 11) is 0. The van der Waals surface area contributed by atoms with Gasteiger partial charge in [-0.2, -0.15) is 0 Å². The number of nitrogens with two attached hydrogens (primary N) is 1. The molecule has 0 unspecified atom stereocenters. The molecule has 0 aromatic carbocycles. The molecule has 17 heavy (non-hydrogen) atoms. The van der Waals surface area contributed by atoms with Crippen LogP contribution in [-0.2, 0) is 4.79 Å². The third-order valence-corrected chi connectivity index (χ3v) is 3.38. The molecule has 1 aliphatic carbocycles. The van der Waals surface area contributed by atoms with Gasteiger partial charge in [0.25, 0.3) is 0 Å². The maximum absolute atomic E-state index is 11.7. The number of pyridine rings is 1. The topological polar surface area (TPSA) is 68.0 Å². The van der Waals surface area contributed by atoms with Crippen molar-refractivity contribution in [1.29, 1.82) is 0 Å². The van der Waals surface area contributed by atoms with Gasteiger partial charge >= 0.3 is 0 Å². The molecule has 4 nitrogen and oxygen atoms in total. The Labute approximate surface area is 102 Å². The van der Waals surface area contributed by atoms with E-state index in [4.69, 9.17) is 5.73 Å². The van der Waals surface area contributed by atoms with E-state index in [1.54, 1.807) is 18.5 Å². The summed E-state index contributed by atoms with van der Waals surface area (Å²) in [5.74, 6) is 0.797. The van der Waals surface area contributed by atoms with Crippen LogP contribution in [-0.4, -0.2) is 10.9 Å². The molecule has 92 valence electrons. The van der Waals surface area contributed by atoms with Crippen molar-refractivity contribution in [3.8, 4) is 0 Å². The zero-order valence-electron chi connectivity index (χ0n) is 9.98. The number of carbonyl (C=O) groups is 1. The fourth-order valence-corrected chi connectivity index (χ4v) is 2.37. The molecule has 3 N–H and O–H groups in total. The van der Waals surface area contributed by atoms with Gasteiger partial charge in [-0.05, 0) is 18.4 Å². The van der Waals surface area contributed by atoms with Gasteiger partial charge in [0.2, 0.25) is 5.91 Å². The molecule has 1 fully saturated rings. The molecule has 1 aromatic heterocycles. The number of hydrogen-bond donors (Lipinski definition) is 2. The molecule has 2 rings (SSSR count). The number of amides is 1. The van der Waals surface area contributed by atoms with Crippen LogP contribution in [0.25, 0.3) is 0 Å². The zero-order chi connectivity index (χ0) is 12.1. The quantitative estimate of drug-likeness (QED) is 0.839. The van der Waals surface area contributed by atoms with Crippen LogP contribution in [0, 0.1) is 5.92 Å². The third-order valence-electron chi connectivity index (χ3n) is 3.38. The highest BCUT2D eigenvalue weighted by atomic mass is 16.1. The van der Waals surface area contributed by atoms with Gasteiger partial charge in [0.05, 0.1) is 17.6 Å². The third kappa shape index (κ3) is 3.44. The summed E-state index contributed by atoms with van der Waals surface area (Å²) in [6.45, 7) is 0. The van der Waals surface area contributed by atoms with Crippen LogP contribution in [0.2, 0.25) is 0 Å². The number of aromatic nitrogens is 1. The number of nitrogens with zero attached hydrogens (tertiary/aromatic N) is 1. The number of hydrogen-bond acceptors (Lipinski definition) is 3. The maximum Gasteiger partial charge on any atom is 0.224 e. The lowest BCUT2D eigenvalue weighted by molar-refractivity contribution is -0.116. The van der Waals surface area contributed by atoms with Crippen LogP contribution in [0.5, 0.6) is 0 Å². The normalized spacial score (nSPS) is 16.0. The molecule has 0 atom stereocenters. The monoisotopic (exact) mass is 233 g/mol. The Morgan fingerprint density at radius 2 is 2.24 bits per heavy atom. The highest BCUT2D eigenvalue weighted by Crippen LogP contribution is 2.28. The fraction of sp³-hybridized carbons (Fsp3) is 0.538. The average molecular weight is 233 g/mol. The minimum absolute atomic E-state index is 0.0507. The Hall–Kier alpha value is -1.58. The van der Waals surface area contributed by atoms with Gasteiger partial charge < -0.3 is 11.1 Å². The molecule has 4 heteroatoms. The summed E-state index contributed by atoms with van der Waals surface area (Å²) >= 11 is 0. The smallest absolute Gasteiger partial charge is 0.224 e. The van der Waals surface area contributed by atoms with Gasteiger partial charge in [0.15, 0.2) is 0 Å². The first kappa shape index (κ1) is 11.9. The summed E-state index contributed by atoms with van der Waals surface area (Å²) < 4.78 is 0. The Morgan fingerprint density at radius 3 is 2.94 bits per heavy atom. The van der Waals surface area contributed by atoms with E-state index < -0.39 is 0 Å². The molecule has 1 amide bonds. The van der Waals surface area contributed by atoms with Gasteiger partial charge in [-0.1, -0.05) is 25.7 Å². The van der Waals surface area contributed by atoms with Crippen molar-refractivity contribution in [2.45, 2.75) is 38.5 Å². The lowest BCUT2D eigenvalue weighted by Gasteiger charge is -2.10. The lowest BCUT2D eigenvalue weighted by Crippen LogP contribution is -2.14. The van der Waals surface area contributed by atoms with Gasteiger partial charge in [-0.3, -0.25) is 9.78 Å². The van der Waals surface area contributed by atoms with E-state index in [9.17, 15) is 4.79 Å². The van der Waals surface area contributed by atoms with Crippen LogP contribution in [0.3, 0.4) is 0 Å². The summed E-state index contributed by atoms with van der Waals surface area (Å²) in [6.07, 6.45) is 9.97. The molecular weight excluding hydrogens is 214 g/mol. The van der Waals surface area contributed by atoms with Gasteiger partial charge in [0.1, 0.15) is 0 Å². The minimum Gasteiger partial charge on any atom is -0.396 e. The van der Waals surface area contributed by atoms with Crippen LogP contribution in [0.1, 0.15) is 38.5 Å². The van der Waals surface area contributed by atoms with Crippen LogP contribution in [0.4, 0.5) is 11.4 Å². The molecule has 1 aliphatic rings. The van der Waals surface area contributed by atoms with E-state index in [2.05, 4.69) is 10.3 Å². The highest BCUT2D eigenvalue weighted by Gasteiger charge is 2.16. The van der Waals surface area contributed by atoms with Gasteiger partial charge in [-0.15, -0.1) is 0 Å². The number of carbonyl (C=O) groups excluding carboxylic acids is 1. The number of rotatable bonds is 4. The summed E-state index contributed by atoms with van der Waals surface area (Å²) in [5.41, 5.74) is 6.89. The van der Waals surface area contributed by atoms with E-state index in [0.29, 0.717) is 17.8 Å². The van der Waals surface area contributed by atoms with E-state index in [1.165, 1.54) is 25.7 Å². The predicted molar refractivity (Wildman–Crippen MR) is 68.5 cm³/mol. The molecular formula is C13H19N3O. The van der Waals surface area contributed by atoms with Gasteiger partial charge in [0, 0.05) is 12.6 Å². The zero-order valence-corrected chi connectivity index (χ0v) is 9.98. The van der Waals surface area contributed by atoms with E-state index >= 15 is 0 Å². The van der Waals surface area contributed by atoms with E-state index in [1.807, 2.05) is 0 Å². The first-order valence-electron chi connectivity index (χ1n) is 6.25. The van der Waals surface area contributed by atoms with Crippen molar-refractivity contribution in [1.82, 2.24) is 4.98 Å². The molecule has 0 saturated heterocycles. The molecule has 1 aromatic rings. The maximum atomic E-state index is 11.7. The minimum atomic E-state index is 0.0507. The van der Waals surface area contributed by atoms with Crippen LogP contribution >= 0.6 is 0 Å². The molecule has 1 heterocycles. The van der Waals surface area contributed by atoms with Crippen molar-refractivity contribution in [2.75, 3.05) is 11.1 Å². The second kappa shape index (κ2) is 5.66. The first-order chi connectivity index (χ1) is 8.25. The van der Waals surface area contributed by atoms with Crippen molar-refractivity contribution in [3.05, 3.63) is 18.5 Å². The second-order valence-corrected chi connectivity index (χ2v) is 4.70. The van der Waals surface area contributed by atoms with E-state index in [0.717, 1.165) is 12.3 Å². The van der Waals surface area contributed by atoms with Crippen molar-refractivity contribution >= 4 is 17.3 Å². The molecule has 1 saturated carbocycles. The number of anilines is 2. The van der Waals surface area contributed by atoms with Crippen LogP contribution < -0.4 is 11.1 Å². The fourth-order valence-electron chi connectivity index (χ4n) is 2.37. The summed E-state index contributed by atoms with van der Waals surface area (Å²) in [4.78, 5) is 15.6. The number of nitrogen functional groups attached to an aromatic ring is 1. The molecule has 0 radical (unpaired) electrons. The van der Waals surface area contributed by atoms with Crippen molar-refractivity contribution in [2.24, 2.45) is 5.92 Å². The standard InChI is InChI=1S/C13H19N3O/c14-11-9-15-8-7-12(11)16-13(17)6-5-10-3-1-2-4-10/h7-10H,1-6,14H2,(H,15,16,17). The second-order valence-electron chi connectivity index (χ2n) is 4.70. The lowest BCUT2D eigenvalue weighted by atomic mass is 10.0. The molecule has 0 spiro atoms. The Kier molecular flexibility index (Phi) is 3.96. The number of nitrogens with one attached hydrogen (secondary N) is 1. The van der Waals surface area contributed by atoms with Crippen molar-refractivity contribution < 1.29 is 4.79 Å². The first-order valence-corrected chi connectivity index (χ1v) is 6.25. The molecule has 0 aliphatic heterocycles. The largest absolute Gasteiger partial charge is 0.396 e. The van der Waals surface area contributed by atoms with Crippen molar-refractivity contribution in [3.63, 3.8) is 0 Å². The Morgan fingerprint density at radius 1 is 1.47 bits per heavy atom. The van der Waals surface area contributed by atoms with Gasteiger partial charge in [-0.25, -0.2) is 0 Å². The average Bonchev–Trinajstić information content (AvgIpc) is 2.82. The predicted octanol–water partition coefficient (Wildman–Crippen LogP) is 2.57.